The summed E-state index contributed by atoms with van der Waals surface area (Å²) in [6, 6.07) is 16.5. The van der Waals surface area contributed by atoms with Crippen molar-refractivity contribution in [1.29, 1.82) is 0 Å². The van der Waals surface area contributed by atoms with Gasteiger partial charge in [0.25, 0.3) is 0 Å². The van der Waals surface area contributed by atoms with Crippen molar-refractivity contribution in [3.63, 3.8) is 0 Å². The van der Waals surface area contributed by atoms with E-state index in [4.69, 9.17) is 17.3 Å². The summed E-state index contributed by atoms with van der Waals surface area (Å²) in [6.07, 6.45) is -0.446. The maximum Gasteiger partial charge on any atom is 0.415 e. The maximum absolute atomic E-state index is 11.8. The van der Waals surface area contributed by atoms with Gasteiger partial charge in [-0.3, -0.25) is 0 Å². The number of hydrogen-bond donors (Lipinski definition) is 4. The largest absolute Gasteiger partial charge is 0.465 e. The van der Waals surface area contributed by atoms with Gasteiger partial charge in [0, 0.05) is 25.8 Å². The van der Waals surface area contributed by atoms with Gasteiger partial charge >= 0.3 is 12.1 Å². The number of nitrogens with zero attached hydrogens (tertiary/aromatic N) is 1. The van der Waals surface area contributed by atoms with Crippen LogP contribution in [0.5, 0.6) is 0 Å². The summed E-state index contributed by atoms with van der Waals surface area (Å²) in [5, 5.41) is 18.2. The molecule has 0 aliphatic rings. The Kier molecular flexibility index (Phi) is 7.57. The second kappa shape index (κ2) is 10.1. The number of rotatable bonds is 6. The summed E-state index contributed by atoms with van der Waals surface area (Å²) >= 11 is 5.27. The Bertz CT molecular complexity index is 799. The highest BCUT2D eigenvalue weighted by atomic mass is 32.1. The van der Waals surface area contributed by atoms with Gasteiger partial charge in [-0.15, -0.1) is 0 Å². The number of carbonyl (C=O) groups excluding carboxylic acids is 1. The Morgan fingerprint density at radius 1 is 1.04 bits per heavy atom. The summed E-state index contributed by atoms with van der Waals surface area (Å²) < 4.78 is 0. The Morgan fingerprint density at radius 2 is 1.74 bits per heavy atom. The van der Waals surface area contributed by atoms with Crippen molar-refractivity contribution in [2.75, 3.05) is 18.9 Å². The summed E-state index contributed by atoms with van der Waals surface area (Å²) in [6.45, 7) is 1.21. The number of benzene rings is 2. The molecule has 0 bridgehead atoms. The first-order valence-electron chi connectivity index (χ1n) is 8.38. The quantitative estimate of drug-likeness (QED) is 0.570. The molecule has 2 aromatic rings. The first-order valence-corrected chi connectivity index (χ1v) is 8.78. The molecular formula is C19H22N4O3S. The van der Waals surface area contributed by atoms with E-state index in [9.17, 15) is 9.59 Å². The number of hydrogen-bond acceptors (Lipinski definition) is 3. The highest BCUT2D eigenvalue weighted by molar-refractivity contribution is 7.80. The Morgan fingerprint density at radius 3 is 2.44 bits per heavy atom. The molecule has 8 heteroatoms. The zero-order chi connectivity index (χ0) is 19.6. The number of carboxylic acid groups (broad SMARTS) is 1. The van der Waals surface area contributed by atoms with E-state index >= 15 is 0 Å². The maximum atomic E-state index is 11.8. The van der Waals surface area contributed by atoms with Crippen molar-refractivity contribution >= 4 is 35.1 Å². The molecule has 0 heterocycles. The predicted octanol–water partition coefficient (Wildman–Crippen LogP) is 3.04. The van der Waals surface area contributed by atoms with Crippen molar-refractivity contribution in [1.82, 2.24) is 15.5 Å². The molecule has 0 atom stereocenters. The molecule has 27 heavy (non-hydrogen) atoms. The summed E-state index contributed by atoms with van der Waals surface area (Å²) in [4.78, 5) is 23.1. The lowest BCUT2D eigenvalue weighted by Gasteiger charge is -2.14. The minimum Gasteiger partial charge on any atom is -0.465 e. The molecule has 0 unspecified atom stereocenters. The highest BCUT2D eigenvalue weighted by Gasteiger charge is 2.15. The van der Waals surface area contributed by atoms with E-state index < -0.39 is 12.1 Å². The number of imide groups is 1. The van der Waals surface area contributed by atoms with E-state index in [1.807, 2.05) is 24.3 Å². The molecule has 0 aromatic heterocycles. The van der Waals surface area contributed by atoms with Crippen LogP contribution < -0.4 is 16.0 Å². The van der Waals surface area contributed by atoms with E-state index in [1.54, 1.807) is 18.2 Å². The van der Waals surface area contributed by atoms with E-state index in [1.165, 1.54) is 12.6 Å². The Labute approximate surface area is 163 Å². The van der Waals surface area contributed by atoms with Gasteiger partial charge in [-0.1, -0.05) is 42.5 Å². The SMILES string of the molecule is CN(C(=O)O)C(=O)Nc1cccc(CNC(=S)NCCc2ccccc2)c1. The van der Waals surface area contributed by atoms with Gasteiger partial charge in [-0.05, 0) is 41.9 Å². The molecule has 0 radical (unpaired) electrons. The number of anilines is 1. The van der Waals surface area contributed by atoms with Crippen LogP contribution in [-0.4, -0.2) is 40.8 Å². The van der Waals surface area contributed by atoms with Crippen LogP contribution in [0.3, 0.4) is 0 Å². The van der Waals surface area contributed by atoms with Crippen LogP contribution in [0.4, 0.5) is 15.3 Å². The average molecular weight is 386 g/mol. The minimum atomic E-state index is -1.32. The van der Waals surface area contributed by atoms with Crippen LogP contribution in [0.2, 0.25) is 0 Å². The number of urea groups is 1. The molecule has 142 valence electrons. The van der Waals surface area contributed by atoms with E-state index in [-0.39, 0.29) is 0 Å². The van der Waals surface area contributed by atoms with Crippen LogP contribution in [0.25, 0.3) is 0 Å². The molecular weight excluding hydrogens is 364 g/mol. The fourth-order valence-electron chi connectivity index (χ4n) is 2.26. The zero-order valence-electron chi connectivity index (χ0n) is 14.9. The molecule has 0 spiro atoms. The number of nitrogens with one attached hydrogen (secondary N) is 3. The fourth-order valence-corrected chi connectivity index (χ4v) is 2.44. The smallest absolute Gasteiger partial charge is 0.415 e. The van der Waals surface area contributed by atoms with Crippen LogP contribution in [0.15, 0.2) is 54.6 Å². The Balaban J connectivity index is 1.77. The van der Waals surface area contributed by atoms with Crippen LogP contribution >= 0.6 is 12.2 Å². The van der Waals surface area contributed by atoms with Gasteiger partial charge in [0.2, 0.25) is 0 Å². The van der Waals surface area contributed by atoms with Crippen LogP contribution in [0.1, 0.15) is 11.1 Å². The van der Waals surface area contributed by atoms with Crippen LogP contribution in [0, 0.1) is 0 Å². The van der Waals surface area contributed by atoms with Gasteiger partial charge in [-0.25, -0.2) is 14.5 Å². The first-order chi connectivity index (χ1) is 13.0. The molecule has 2 rings (SSSR count). The van der Waals surface area contributed by atoms with Gasteiger partial charge < -0.3 is 21.1 Å². The van der Waals surface area contributed by atoms with Gasteiger partial charge in [0.15, 0.2) is 5.11 Å². The standard InChI is InChI=1S/C19H22N4O3S/c1-23(19(25)26)18(24)22-16-9-5-8-15(12-16)13-21-17(27)20-11-10-14-6-3-2-4-7-14/h2-9,12H,10-11,13H2,1H3,(H,22,24)(H,25,26)(H2,20,21,27). The normalized spacial score (nSPS) is 9.96. The zero-order valence-corrected chi connectivity index (χ0v) is 15.8. The van der Waals surface area contributed by atoms with Gasteiger partial charge in [0.1, 0.15) is 0 Å². The molecule has 0 saturated heterocycles. The van der Waals surface area contributed by atoms with E-state index in [0.717, 1.165) is 18.5 Å². The van der Waals surface area contributed by atoms with E-state index in [0.29, 0.717) is 22.2 Å². The predicted molar refractivity (Wildman–Crippen MR) is 109 cm³/mol. The van der Waals surface area contributed by atoms with Crippen molar-refractivity contribution in [2.24, 2.45) is 0 Å². The van der Waals surface area contributed by atoms with Gasteiger partial charge in [0.05, 0.1) is 0 Å². The lowest BCUT2D eigenvalue weighted by Crippen LogP contribution is -2.36. The number of carbonyl (C=O) groups is 2. The van der Waals surface area contributed by atoms with Gasteiger partial charge in [-0.2, -0.15) is 0 Å². The van der Waals surface area contributed by atoms with Crippen molar-refractivity contribution in [2.45, 2.75) is 13.0 Å². The summed E-state index contributed by atoms with van der Waals surface area (Å²) in [5.41, 5.74) is 2.65. The lowest BCUT2D eigenvalue weighted by molar-refractivity contribution is 0.161. The van der Waals surface area contributed by atoms with Crippen molar-refractivity contribution in [3.8, 4) is 0 Å². The molecule has 7 nitrogen and oxygen atoms in total. The molecule has 0 saturated carbocycles. The molecule has 3 amide bonds. The number of thiocarbonyl (C=S) groups is 1. The third kappa shape index (κ3) is 6.95. The number of amides is 3. The third-order valence-corrected chi connectivity index (χ3v) is 4.05. The topological polar surface area (TPSA) is 93.7 Å². The summed E-state index contributed by atoms with van der Waals surface area (Å²) in [5.74, 6) is 0. The second-order valence-corrected chi connectivity index (χ2v) is 6.23. The molecule has 0 aliphatic heterocycles. The first kappa shape index (κ1) is 20.2. The average Bonchev–Trinajstić information content (AvgIpc) is 2.67. The third-order valence-electron chi connectivity index (χ3n) is 3.76. The second-order valence-electron chi connectivity index (χ2n) is 5.82. The molecule has 0 aliphatic carbocycles. The van der Waals surface area contributed by atoms with E-state index in [2.05, 4.69) is 28.1 Å². The van der Waals surface area contributed by atoms with Crippen LogP contribution in [-0.2, 0) is 13.0 Å². The summed E-state index contributed by atoms with van der Waals surface area (Å²) in [7, 11) is 1.18. The molecule has 4 N–H and O–H groups in total. The molecule has 0 fully saturated rings. The fraction of sp³-hybridized carbons (Fsp3) is 0.211. The molecule has 2 aromatic carbocycles. The monoisotopic (exact) mass is 386 g/mol. The van der Waals surface area contributed by atoms with Crippen molar-refractivity contribution in [3.05, 3.63) is 65.7 Å². The van der Waals surface area contributed by atoms with Crippen molar-refractivity contribution < 1.29 is 14.7 Å². The highest BCUT2D eigenvalue weighted by Crippen LogP contribution is 2.11. The Hall–Kier alpha value is -3.13. The lowest BCUT2D eigenvalue weighted by atomic mass is 10.1. The minimum absolute atomic E-state index is 0.482.